The predicted octanol–water partition coefficient (Wildman–Crippen LogP) is 16.2. The van der Waals surface area contributed by atoms with Crippen molar-refractivity contribution in [2.75, 3.05) is 0 Å². The van der Waals surface area contributed by atoms with Crippen LogP contribution in [-0.4, -0.2) is 9.97 Å². The number of hydrogen-bond acceptors (Lipinski definition) is 2. The van der Waals surface area contributed by atoms with Crippen LogP contribution >= 0.6 is 0 Å². The van der Waals surface area contributed by atoms with Crippen molar-refractivity contribution in [3.63, 3.8) is 0 Å². The molecule has 10 aromatic carbocycles. The molecule has 0 atom stereocenters. The monoisotopic (exact) mass is 802 g/mol. The zero-order valence-electron chi connectivity index (χ0n) is 35.2. The highest BCUT2D eigenvalue weighted by atomic mass is 14.9. The molecule has 0 saturated heterocycles. The van der Waals surface area contributed by atoms with Gasteiger partial charge in [0.15, 0.2) is 5.82 Å². The highest BCUT2D eigenvalue weighted by Gasteiger charge is 2.35. The molecule has 0 amide bonds. The van der Waals surface area contributed by atoms with Crippen molar-refractivity contribution in [2.24, 2.45) is 0 Å². The van der Waals surface area contributed by atoms with Crippen LogP contribution in [0, 0.1) is 0 Å². The van der Waals surface area contributed by atoms with Crippen LogP contribution in [0.25, 0.3) is 111 Å². The van der Waals surface area contributed by atoms with E-state index in [2.05, 4.69) is 232 Å². The summed E-state index contributed by atoms with van der Waals surface area (Å²) in [6, 6.07) is 79.1. The number of benzene rings is 10. The van der Waals surface area contributed by atoms with Gasteiger partial charge in [-0.05, 0) is 112 Å². The topological polar surface area (TPSA) is 25.8 Å². The van der Waals surface area contributed by atoms with E-state index < -0.39 is 0 Å². The van der Waals surface area contributed by atoms with Crippen molar-refractivity contribution in [3.8, 4) is 78.4 Å². The Morgan fingerprint density at radius 3 is 1.70 bits per heavy atom. The molecule has 0 saturated carbocycles. The summed E-state index contributed by atoms with van der Waals surface area (Å²) in [4.78, 5) is 10.6. The maximum absolute atomic E-state index is 5.33. The lowest BCUT2D eigenvalue weighted by atomic mass is 9.81. The molecule has 0 fully saturated rings. The lowest BCUT2D eigenvalue weighted by molar-refractivity contribution is 0.660. The summed E-state index contributed by atoms with van der Waals surface area (Å²) in [6.07, 6.45) is 0. The summed E-state index contributed by atoms with van der Waals surface area (Å²) in [5.74, 6) is 0.692. The summed E-state index contributed by atoms with van der Waals surface area (Å²) in [5.41, 5.74) is 17.3. The highest BCUT2D eigenvalue weighted by molar-refractivity contribution is 6.20. The summed E-state index contributed by atoms with van der Waals surface area (Å²) in [5, 5.41) is 7.50. The van der Waals surface area contributed by atoms with E-state index in [0.29, 0.717) is 5.82 Å². The molecule has 1 aliphatic rings. The van der Waals surface area contributed by atoms with Gasteiger partial charge >= 0.3 is 0 Å². The van der Waals surface area contributed by atoms with Gasteiger partial charge in [-0.1, -0.05) is 208 Å². The summed E-state index contributed by atoms with van der Waals surface area (Å²) in [6.45, 7) is 4.68. The minimum absolute atomic E-state index is 0.0727. The van der Waals surface area contributed by atoms with Crippen LogP contribution < -0.4 is 0 Å². The van der Waals surface area contributed by atoms with E-state index >= 15 is 0 Å². The number of hydrogen-bond donors (Lipinski definition) is 0. The Balaban J connectivity index is 0.972. The van der Waals surface area contributed by atoms with E-state index in [1.54, 1.807) is 0 Å². The van der Waals surface area contributed by atoms with Crippen molar-refractivity contribution in [2.45, 2.75) is 19.3 Å². The van der Waals surface area contributed by atoms with Crippen molar-refractivity contribution in [1.82, 2.24) is 9.97 Å². The second-order valence-electron chi connectivity index (χ2n) is 17.3. The average Bonchev–Trinajstić information content (AvgIpc) is 3.58. The standard InChI is InChI=1S/C61H42N2/c1-61(2)55-22-11-10-21-51(55)52-33-32-46(37-56(52)61)45-17-12-18-48(35-45)58-38-57(42-25-23-40(24-26-42)39-13-4-3-5-14-39)62-60(63-58)44-29-27-43(28-30-44)59-50-20-9-7-16-47(50)36-54-49-19-8-6-15-41(49)31-34-53(54)59/h3-38H,1-2H3. The van der Waals surface area contributed by atoms with Crippen molar-refractivity contribution in [3.05, 3.63) is 230 Å². The molecule has 1 aromatic heterocycles. The van der Waals surface area contributed by atoms with E-state index in [1.165, 1.54) is 76.8 Å². The fourth-order valence-corrected chi connectivity index (χ4v) is 10.00. The van der Waals surface area contributed by atoms with Gasteiger partial charge in [-0.25, -0.2) is 9.97 Å². The normalized spacial score (nSPS) is 12.7. The van der Waals surface area contributed by atoms with E-state index in [1.807, 2.05) is 0 Å². The minimum Gasteiger partial charge on any atom is -0.228 e. The molecule has 0 N–H and O–H groups in total. The van der Waals surface area contributed by atoms with Gasteiger partial charge in [0.1, 0.15) is 0 Å². The van der Waals surface area contributed by atoms with Crippen LogP contribution in [-0.2, 0) is 5.41 Å². The van der Waals surface area contributed by atoms with Crippen molar-refractivity contribution >= 4 is 32.3 Å². The zero-order valence-corrected chi connectivity index (χ0v) is 35.2. The van der Waals surface area contributed by atoms with Crippen LogP contribution in [0.5, 0.6) is 0 Å². The summed E-state index contributed by atoms with van der Waals surface area (Å²) in [7, 11) is 0. The molecule has 0 aliphatic heterocycles. The second-order valence-corrected chi connectivity index (χ2v) is 17.3. The summed E-state index contributed by atoms with van der Waals surface area (Å²) >= 11 is 0. The first-order valence-electron chi connectivity index (χ1n) is 21.8. The van der Waals surface area contributed by atoms with E-state index in [4.69, 9.17) is 9.97 Å². The fraction of sp³-hybridized carbons (Fsp3) is 0.0492. The average molecular weight is 803 g/mol. The Morgan fingerprint density at radius 2 is 0.873 bits per heavy atom. The molecule has 1 heterocycles. The fourth-order valence-electron chi connectivity index (χ4n) is 10.00. The van der Waals surface area contributed by atoms with Gasteiger partial charge in [-0.15, -0.1) is 0 Å². The molecule has 0 bridgehead atoms. The van der Waals surface area contributed by atoms with E-state index in [9.17, 15) is 0 Å². The molecule has 12 rings (SSSR count). The van der Waals surface area contributed by atoms with Gasteiger partial charge < -0.3 is 0 Å². The highest BCUT2D eigenvalue weighted by Crippen LogP contribution is 2.49. The first-order valence-corrected chi connectivity index (χ1v) is 21.8. The third-order valence-electron chi connectivity index (χ3n) is 13.3. The van der Waals surface area contributed by atoms with Crippen LogP contribution in [0.1, 0.15) is 25.0 Å². The Labute approximate surface area is 367 Å². The number of nitrogens with zero attached hydrogens (tertiary/aromatic N) is 2. The lowest BCUT2D eigenvalue weighted by Gasteiger charge is -2.22. The number of aromatic nitrogens is 2. The lowest BCUT2D eigenvalue weighted by Crippen LogP contribution is -2.14. The smallest absolute Gasteiger partial charge is 0.160 e. The molecule has 296 valence electrons. The quantitative estimate of drug-likeness (QED) is 0.124. The largest absolute Gasteiger partial charge is 0.228 e. The third-order valence-corrected chi connectivity index (χ3v) is 13.3. The second kappa shape index (κ2) is 14.6. The molecule has 63 heavy (non-hydrogen) atoms. The van der Waals surface area contributed by atoms with Gasteiger partial charge in [-0.3, -0.25) is 0 Å². The predicted molar refractivity (Wildman–Crippen MR) is 265 cm³/mol. The molecular weight excluding hydrogens is 761 g/mol. The van der Waals surface area contributed by atoms with Crippen LogP contribution in [0.2, 0.25) is 0 Å². The first-order chi connectivity index (χ1) is 31.0. The summed E-state index contributed by atoms with van der Waals surface area (Å²) < 4.78 is 0. The van der Waals surface area contributed by atoms with Gasteiger partial charge in [0, 0.05) is 22.1 Å². The van der Waals surface area contributed by atoms with Crippen LogP contribution in [0.15, 0.2) is 218 Å². The van der Waals surface area contributed by atoms with Crippen molar-refractivity contribution in [1.29, 1.82) is 0 Å². The molecule has 1 aliphatic carbocycles. The van der Waals surface area contributed by atoms with E-state index in [0.717, 1.165) is 39.2 Å². The number of fused-ring (bicyclic) bond motifs is 7. The third kappa shape index (κ3) is 6.25. The Hall–Kier alpha value is -7.94. The van der Waals surface area contributed by atoms with Crippen molar-refractivity contribution < 1.29 is 0 Å². The zero-order chi connectivity index (χ0) is 42.1. The van der Waals surface area contributed by atoms with Gasteiger partial charge in [0.2, 0.25) is 0 Å². The Bertz CT molecular complexity index is 3560. The van der Waals surface area contributed by atoms with E-state index in [-0.39, 0.29) is 5.41 Å². The molecule has 0 unspecified atom stereocenters. The maximum atomic E-state index is 5.33. The maximum Gasteiger partial charge on any atom is 0.160 e. The molecule has 2 nitrogen and oxygen atoms in total. The molecule has 11 aromatic rings. The Kier molecular flexibility index (Phi) is 8.55. The first kappa shape index (κ1) is 36.9. The minimum atomic E-state index is -0.0727. The van der Waals surface area contributed by atoms with Crippen LogP contribution in [0.4, 0.5) is 0 Å². The Morgan fingerprint density at radius 1 is 0.302 bits per heavy atom. The van der Waals surface area contributed by atoms with Gasteiger partial charge in [-0.2, -0.15) is 0 Å². The number of rotatable bonds is 6. The molecule has 0 radical (unpaired) electrons. The van der Waals surface area contributed by atoms with Crippen LogP contribution in [0.3, 0.4) is 0 Å². The molecule has 0 spiro atoms. The molecular formula is C61H42N2. The SMILES string of the molecule is CC1(C)c2ccccc2-c2ccc(-c3cccc(-c4cc(-c5ccc(-c6ccccc6)cc5)nc(-c5ccc(-c6c7ccccc7cc7c6ccc6ccccc67)cc5)n4)c3)cc21. The van der Waals surface area contributed by atoms with Gasteiger partial charge in [0.25, 0.3) is 0 Å². The molecule has 2 heteroatoms. The van der Waals surface area contributed by atoms with Gasteiger partial charge in [0.05, 0.1) is 11.4 Å².